The van der Waals surface area contributed by atoms with Crippen LogP contribution >= 0.6 is 0 Å². The first-order valence-electron chi connectivity index (χ1n) is 8.73. The average Bonchev–Trinajstić information content (AvgIpc) is 3.05. The van der Waals surface area contributed by atoms with Crippen molar-refractivity contribution in [2.45, 2.75) is 39.3 Å². The minimum Gasteiger partial charge on any atom is -0.469 e. The Morgan fingerprint density at radius 3 is 2.41 bits per heavy atom. The monoisotopic (exact) mass is 372 g/mol. The summed E-state index contributed by atoms with van der Waals surface area (Å²) in [5, 5.41) is 5.32. The highest BCUT2D eigenvalue weighted by Crippen LogP contribution is 2.17. The Morgan fingerprint density at radius 2 is 1.81 bits per heavy atom. The van der Waals surface area contributed by atoms with E-state index in [9.17, 15) is 14.4 Å². The van der Waals surface area contributed by atoms with E-state index >= 15 is 0 Å². The van der Waals surface area contributed by atoms with E-state index in [1.807, 2.05) is 30.3 Å². The molecule has 1 unspecified atom stereocenters. The Morgan fingerprint density at radius 1 is 1.11 bits per heavy atom. The van der Waals surface area contributed by atoms with Crippen molar-refractivity contribution in [3.05, 3.63) is 59.5 Å². The number of nitrogens with one attached hydrogen (secondary N) is 2. The van der Waals surface area contributed by atoms with Gasteiger partial charge in [0, 0.05) is 0 Å². The molecular weight excluding hydrogens is 348 g/mol. The molecule has 0 aliphatic rings. The molecule has 1 heterocycles. The van der Waals surface area contributed by atoms with Crippen molar-refractivity contribution in [3.63, 3.8) is 0 Å². The number of carbonyl (C=O) groups is 3. The third-order valence-corrected chi connectivity index (χ3v) is 3.79. The van der Waals surface area contributed by atoms with Gasteiger partial charge in [-0.15, -0.1) is 0 Å². The van der Waals surface area contributed by atoms with Crippen molar-refractivity contribution >= 4 is 17.8 Å². The lowest BCUT2D eigenvalue weighted by atomic mass is 10.0. The Hall–Kier alpha value is -3.09. The van der Waals surface area contributed by atoms with Crippen LogP contribution in [0, 0.1) is 6.92 Å². The average molecular weight is 372 g/mol. The zero-order valence-electron chi connectivity index (χ0n) is 15.7. The van der Waals surface area contributed by atoms with Crippen molar-refractivity contribution in [1.29, 1.82) is 0 Å². The van der Waals surface area contributed by atoms with Gasteiger partial charge in [0.1, 0.15) is 5.76 Å². The maximum absolute atomic E-state index is 12.3. The molecule has 0 fully saturated rings. The molecule has 1 atom stereocenters. The molecular formula is C20H24N2O5. The lowest BCUT2D eigenvalue weighted by molar-refractivity contribution is -0.148. The van der Waals surface area contributed by atoms with Gasteiger partial charge in [-0.1, -0.05) is 30.3 Å². The fourth-order valence-electron chi connectivity index (χ4n) is 2.54. The molecule has 2 N–H and O–H groups in total. The normalized spacial score (nSPS) is 11.7. The van der Waals surface area contributed by atoms with Crippen molar-refractivity contribution in [2.75, 3.05) is 6.54 Å². The van der Waals surface area contributed by atoms with E-state index in [4.69, 9.17) is 9.15 Å². The van der Waals surface area contributed by atoms with Crippen LogP contribution in [0.5, 0.6) is 0 Å². The van der Waals surface area contributed by atoms with Crippen LogP contribution in [0.15, 0.2) is 47.1 Å². The van der Waals surface area contributed by atoms with E-state index in [1.54, 1.807) is 20.8 Å². The van der Waals surface area contributed by atoms with Gasteiger partial charge in [-0.05, 0) is 32.4 Å². The van der Waals surface area contributed by atoms with Crippen LogP contribution < -0.4 is 10.6 Å². The second-order valence-electron chi connectivity index (χ2n) is 6.35. The van der Waals surface area contributed by atoms with Gasteiger partial charge in [0.25, 0.3) is 5.91 Å². The van der Waals surface area contributed by atoms with E-state index in [-0.39, 0.29) is 19.1 Å². The number of ether oxygens (including phenoxy) is 1. The van der Waals surface area contributed by atoms with Crippen molar-refractivity contribution < 1.29 is 23.5 Å². The molecule has 7 heteroatoms. The van der Waals surface area contributed by atoms with Gasteiger partial charge in [-0.2, -0.15) is 0 Å². The quantitative estimate of drug-likeness (QED) is 0.694. The second-order valence-corrected chi connectivity index (χ2v) is 6.35. The molecule has 27 heavy (non-hydrogen) atoms. The number of furan rings is 1. The molecule has 2 aromatic rings. The Kier molecular flexibility index (Phi) is 7.16. The molecule has 0 spiro atoms. The standard InChI is InChI=1S/C20H24N2O5/c1-13(2)27-19(24)11-17(15-7-5-4-6-8-15)22-18(23)12-21-20(25)16-9-10-26-14(16)3/h4-10,13,17H,11-12H2,1-3H3,(H,21,25)(H,22,23). The van der Waals surface area contributed by atoms with Crippen molar-refractivity contribution in [1.82, 2.24) is 10.6 Å². The van der Waals surface area contributed by atoms with Gasteiger partial charge in [-0.3, -0.25) is 14.4 Å². The number of carbonyl (C=O) groups excluding carboxylic acids is 3. The number of hydrogen-bond acceptors (Lipinski definition) is 5. The van der Waals surface area contributed by atoms with Gasteiger partial charge in [-0.25, -0.2) is 0 Å². The third-order valence-electron chi connectivity index (χ3n) is 3.79. The first kappa shape index (κ1) is 20.2. The van der Waals surface area contributed by atoms with Crippen LogP contribution in [0.4, 0.5) is 0 Å². The van der Waals surface area contributed by atoms with Crippen molar-refractivity contribution in [2.24, 2.45) is 0 Å². The summed E-state index contributed by atoms with van der Waals surface area (Å²) in [4.78, 5) is 36.4. The maximum atomic E-state index is 12.3. The minimum atomic E-state index is -0.544. The maximum Gasteiger partial charge on any atom is 0.308 e. The molecule has 2 rings (SSSR count). The van der Waals surface area contributed by atoms with Crippen LogP contribution in [0.1, 0.15) is 48.0 Å². The van der Waals surface area contributed by atoms with Crippen molar-refractivity contribution in [3.8, 4) is 0 Å². The molecule has 2 amide bonds. The lowest BCUT2D eigenvalue weighted by Gasteiger charge is -2.19. The summed E-state index contributed by atoms with van der Waals surface area (Å²) >= 11 is 0. The van der Waals surface area contributed by atoms with Crippen LogP contribution in [0.25, 0.3) is 0 Å². The van der Waals surface area contributed by atoms with Crippen LogP contribution in [-0.2, 0) is 14.3 Å². The van der Waals surface area contributed by atoms with Gasteiger partial charge in [0.05, 0.1) is 36.9 Å². The number of amides is 2. The zero-order valence-corrected chi connectivity index (χ0v) is 15.7. The molecule has 0 aliphatic heterocycles. The number of rotatable bonds is 8. The molecule has 0 bridgehead atoms. The fourth-order valence-corrected chi connectivity index (χ4v) is 2.54. The lowest BCUT2D eigenvalue weighted by Crippen LogP contribution is -2.39. The molecule has 1 aromatic carbocycles. The van der Waals surface area contributed by atoms with E-state index < -0.39 is 23.8 Å². The second kappa shape index (κ2) is 9.56. The van der Waals surface area contributed by atoms with Crippen LogP contribution in [-0.4, -0.2) is 30.4 Å². The number of benzene rings is 1. The van der Waals surface area contributed by atoms with E-state index in [0.717, 1.165) is 5.56 Å². The number of esters is 1. The minimum absolute atomic E-state index is 0.00270. The first-order chi connectivity index (χ1) is 12.9. The Balaban J connectivity index is 1.97. The highest BCUT2D eigenvalue weighted by Gasteiger charge is 2.20. The van der Waals surface area contributed by atoms with E-state index in [2.05, 4.69) is 10.6 Å². The largest absolute Gasteiger partial charge is 0.469 e. The van der Waals surface area contributed by atoms with Gasteiger partial charge in [0.2, 0.25) is 5.91 Å². The van der Waals surface area contributed by atoms with Gasteiger partial charge in [0.15, 0.2) is 0 Å². The summed E-state index contributed by atoms with van der Waals surface area (Å²) in [6, 6.07) is 10.1. The molecule has 0 saturated carbocycles. The molecule has 1 aromatic heterocycles. The zero-order chi connectivity index (χ0) is 19.8. The third kappa shape index (κ3) is 6.29. The van der Waals surface area contributed by atoms with Crippen LogP contribution in [0.3, 0.4) is 0 Å². The summed E-state index contributed by atoms with van der Waals surface area (Å²) in [6.07, 6.45) is 1.18. The van der Waals surface area contributed by atoms with E-state index in [1.165, 1.54) is 12.3 Å². The predicted molar refractivity (Wildman–Crippen MR) is 98.9 cm³/mol. The Labute approximate surface area is 158 Å². The number of hydrogen-bond donors (Lipinski definition) is 2. The summed E-state index contributed by atoms with van der Waals surface area (Å²) in [5.74, 6) is -0.730. The topological polar surface area (TPSA) is 97.6 Å². The van der Waals surface area contributed by atoms with E-state index in [0.29, 0.717) is 11.3 Å². The summed E-state index contributed by atoms with van der Waals surface area (Å²) < 4.78 is 10.3. The molecule has 144 valence electrons. The molecule has 0 saturated heterocycles. The van der Waals surface area contributed by atoms with Crippen LogP contribution in [0.2, 0.25) is 0 Å². The summed E-state index contributed by atoms with van der Waals surface area (Å²) in [5.41, 5.74) is 1.16. The molecule has 0 aliphatic carbocycles. The SMILES string of the molecule is Cc1occc1C(=O)NCC(=O)NC(CC(=O)OC(C)C)c1ccccc1. The van der Waals surface area contributed by atoms with Gasteiger partial charge >= 0.3 is 5.97 Å². The smallest absolute Gasteiger partial charge is 0.308 e. The molecule has 0 radical (unpaired) electrons. The highest BCUT2D eigenvalue weighted by molar-refractivity contribution is 5.97. The molecule has 7 nitrogen and oxygen atoms in total. The first-order valence-corrected chi connectivity index (χ1v) is 8.73. The number of aryl methyl sites for hydroxylation is 1. The highest BCUT2D eigenvalue weighted by atomic mass is 16.5. The summed E-state index contributed by atoms with van der Waals surface area (Å²) in [7, 11) is 0. The fraction of sp³-hybridized carbons (Fsp3) is 0.350. The Bertz CT molecular complexity index is 783. The van der Waals surface area contributed by atoms with Gasteiger partial charge < -0.3 is 19.8 Å². The summed E-state index contributed by atoms with van der Waals surface area (Å²) in [6.45, 7) is 4.98. The predicted octanol–water partition coefficient (Wildman–Crippen LogP) is 2.52.